The molecule has 6 nitrogen and oxygen atoms in total. The number of benzene rings is 1. The third-order valence-electron chi connectivity index (χ3n) is 6.41. The SMILES string of the molecule is CC(C)c1nc(Oc2c(Cl)cc(N)c3c2CCC3)ncc1B1OC(C)(C)C(C)(C)O1. The zero-order chi connectivity index (χ0) is 21.8. The van der Waals surface area contributed by atoms with Gasteiger partial charge in [0.15, 0.2) is 5.75 Å². The predicted octanol–water partition coefficient (Wildman–Crippen LogP) is 4.42. The number of aromatic nitrogens is 2. The second kappa shape index (κ2) is 7.40. The fourth-order valence-corrected chi connectivity index (χ4v) is 4.27. The number of ether oxygens (including phenoxy) is 1. The highest BCUT2D eigenvalue weighted by Gasteiger charge is 2.52. The van der Waals surface area contributed by atoms with Crippen molar-refractivity contribution in [1.82, 2.24) is 9.97 Å². The number of hydrogen-bond donors (Lipinski definition) is 1. The molecule has 30 heavy (non-hydrogen) atoms. The molecule has 1 aliphatic heterocycles. The van der Waals surface area contributed by atoms with Gasteiger partial charge < -0.3 is 19.8 Å². The van der Waals surface area contributed by atoms with Gasteiger partial charge >= 0.3 is 13.1 Å². The van der Waals surface area contributed by atoms with Crippen LogP contribution in [0.25, 0.3) is 0 Å². The molecule has 1 fully saturated rings. The molecule has 1 aliphatic carbocycles. The van der Waals surface area contributed by atoms with Crippen molar-refractivity contribution >= 4 is 29.9 Å². The molecule has 0 unspecified atom stereocenters. The van der Waals surface area contributed by atoms with Crippen LogP contribution in [0.1, 0.15) is 70.7 Å². The van der Waals surface area contributed by atoms with E-state index in [2.05, 4.69) is 18.8 Å². The first-order chi connectivity index (χ1) is 14.0. The topological polar surface area (TPSA) is 79.5 Å². The number of nitrogens with zero attached hydrogens (tertiary/aromatic N) is 2. The van der Waals surface area contributed by atoms with E-state index in [1.165, 1.54) is 0 Å². The predicted molar refractivity (Wildman–Crippen MR) is 120 cm³/mol. The van der Waals surface area contributed by atoms with Crippen LogP contribution in [-0.4, -0.2) is 28.3 Å². The van der Waals surface area contributed by atoms with E-state index >= 15 is 0 Å². The van der Waals surface area contributed by atoms with Crippen LogP contribution in [0.3, 0.4) is 0 Å². The van der Waals surface area contributed by atoms with Gasteiger partial charge in [0, 0.05) is 28.6 Å². The van der Waals surface area contributed by atoms with Crippen LogP contribution in [0.5, 0.6) is 11.8 Å². The number of hydrogen-bond acceptors (Lipinski definition) is 6. The van der Waals surface area contributed by atoms with Crippen molar-refractivity contribution in [3.63, 3.8) is 0 Å². The Hall–Kier alpha value is -1.83. The Labute approximate surface area is 183 Å². The summed E-state index contributed by atoms with van der Waals surface area (Å²) in [6.45, 7) is 12.3. The van der Waals surface area contributed by atoms with Crippen molar-refractivity contribution in [2.24, 2.45) is 0 Å². The molecule has 0 atom stereocenters. The molecule has 1 saturated heterocycles. The zero-order valence-electron chi connectivity index (χ0n) is 18.5. The summed E-state index contributed by atoms with van der Waals surface area (Å²) in [5.74, 6) is 0.744. The molecule has 0 spiro atoms. The van der Waals surface area contributed by atoms with Crippen molar-refractivity contribution in [3.8, 4) is 11.8 Å². The van der Waals surface area contributed by atoms with E-state index in [-0.39, 0.29) is 11.9 Å². The standard InChI is InChI=1S/C22H29BClN3O3/c1-12(2)18-15(23-29-21(3,4)22(5,6)30-23)11-26-20(27-18)28-19-14-9-7-8-13(14)17(25)10-16(19)24/h10-12H,7-9,25H2,1-6H3. The summed E-state index contributed by atoms with van der Waals surface area (Å²) in [5.41, 5.74) is 9.83. The highest BCUT2D eigenvalue weighted by Crippen LogP contribution is 2.42. The number of halogens is 1. The van der Waals surface area contributed by atoms with Gasteiger partial charge in [0.2, 0.25) is 0 Å². The second-order valence-corrected chi connectivity index (χ2v) is 9.83. The van der Waals surface area contributed by atoms with Gasteiger partial charge in [0.1, 0.15) is 0 Å². The Morgan fingerprint density at radius 2 is 1.77 bits per heavy atom. The molecular formula is C22H29BClN3O3. The first kappa shape index (κ1) is 21.4. The first-order valence-corrected chi connectivity index (χ1v) is 10.9. The van der Waals surface area contributed by atoms with Crippen molar-refractivity contribution in [2.75, 3.05) is 5.73 Å². The maximum absolute atomic E-state index is 6.46. The molecule has 8 heteroatoms. The highest BCUT2D eigenvalue weighted by atomic mass is 35.5. The summed E-state index contributed by atoms with van der Waals surface area (Å²) < 4.78 is 18.5. The molecule has 2 aromatic rings. The van der Waals surface area contributed by atoms with Crippen molar-refractivity contribution in [3.05, 3.63) is 34.1 Å². The Morgan fingerprint density at radius 1 is 1.13 bits per heavy atom. The largest absolute Gasteiger partial charge is 0.498 e. The van der Waals surface area contributed by atoms with Crippen molar-refractivity contribution in [2.45, 2.75) is 77.9 Å². The number of nitrogens with two attached hydrogens (primary N) is 1. The lowest BCUT2D eigenvalue weighted by atomic mass is 9.77. The van der Waals surface area contributed by atoms with Crippen LogP contribution < -0.4 is 15.9 Å². The molecule has 1 aromatic carbocycles. The molecule has 0 amide bonds. The number of nitrogen functional groups attached to an aromatic ring is 1. The Bertz CT molecular complexity index is 978. The van der Waals surface area contributed by atoms with Gasteiger partial charge in [-0.15, -0.1) is 0 Å². The van der Waals surface area contributed by atoms with E-state index in [1.54, 1.807) is 12.3 Å². The van der Waals surface area contributed by atoms with Gasteiger partial charge in [-0.1, -0.05) is 25.4 Å². The summed E-state index contributed by atoms with van der Waals surface area (Å²) in [7, 11) is -0.522. The number of rotatable bonds is 4. The minimum atomic E-state index is -0.522. The lowest BCUT2D eigenvalue weighted by molar-refractivity contribution is 0.00578. The van der Waals surface area contributed by atoms with Gasteiger partial charge in [0.05, 0.1) is 16.2 Å². The van der Waals surface area contributed by atoms with Crippen molar-refractivity contribution < 1.29 is 14.0 Å². The van der Waals surface area contributed by atoms with Crippen LogP contribution >= 0.6 is 11.6 Å². The molecule has 160 valence electrons. The van der Waals surface area contributed by atoms with Crippen molar-refractivity contribution in [1.29, 1.82) is 0 Å². The fourth-order valence-electron chi connectivity index (χ4n) is 4.00. The molecule has 2 heterocycles. The van der Waals surface area contributed by atoms with Gasteiger partial charge in [0.25, 0.3) is 0 Å². The zero-order valence-corrected chi connectivity index (χ0v) is 19.3. The Morgan fingerprint density at radius 3 is 2.40 bits per heavy atom. The normalized spacial score (nSPS) is 19.4. The third kappa shape index (κ3) is 3.57. The van der Waals surface area contributed by atoms with E-state index < -0.39 is 18.3 Å². The molecule has 0 radical (unpaired) electrons. The Kier molecular flexibility index (Phi) is 5.28. The minimum absolute atomic E-state index is 0.136. The van der Waals surface area contributed by atoms with Gasteiger partial charge in [-0.25, -0.2) is 4.98 Å². The monoisotopic (exact) mass is 429 g/mol. The molecule has 0 bridgehead atoms. The molecule has 4 rings (SSSR count). The van der Waals surface area contributed by atoms with E-state index in [4.69, 9.17) is 36.4 Å². The molecule has 0 saturated carbocycles. The Balaban J connectivity index is 1.69. The summed E-state index contributed by atoms with van der Waals surface area (Å²) in [6.07, 6.45) is 4.60. The average Bonchev–Trinajstić information content (AvgIpc) is 3.21. The van der Waals surface area contributed by atoms with E-state index in [0.29, 0.717) is 10.8 Å². The van der Waals surface area contributed by atoms with Crippen LogP contribution in [0.4, 0.5) is 5.69 Å². The van der Waals surface area contributed by atoms with Crippen LogP contribution in [-0.2, 0) is 22.2 Å². The summed E-state index contributed by atoms with van der Waals surface area (Å²) >= 11 is 6.46. The third-order valence-corrected chi connectivity index (χ3v) is 6.69. The average molecular weight is 430 g/mol. The van der Waals surface area contributed by atoms with E-state index in [1.807, 2.05) is 27.7 Å². The maximum atomic E-state index is 6.46. The van der Waals surface area contributed by atoms with Gasteiger partial charge in [-0.05, 0) is 64.5 Å². The summed E-state index contributed by atoms with van der Waals surface area (Å²) in [6, 6.07) is 2.02. The lowest BCUT2D eigenvalue weighted by Gasteiger charge is -2.32. The number of fused-ring (bicyclic) bond motifs is 1. The maximum Gasteiger partial charge on any atom is 0.498 e. The lowest BCUT2D eigenvalue weighted by Crippen LogP contribution is -2.41. The molecular weight excluding hydrogens is 401 g/mol. The smallest absolute Gasteiger partial charge is 0.422 e. The first-order valence-electron chi connectivity index (χ1n) is 10.5. The van der Waals surface area contributed by atoms with E-state index in [9.17, 15) is 0 Å². The van der Waals surface area contributed by atoms with Gasteiger partial charge in [-0.2, -0.15) is 4.98 Å². The fraction of sp³-hybridized carbons (Fsp3) is 0.545. The quantitative estimate of drug-likeness (QED) is 0.572. The second-order valence-electron chi connectivity index (χ2n) is 9.43. The summed E-state index contributed by atoms with van der Waals surface area (Å²) in [4.78, 5) is 9.18. The molecule has 2 aliphatic rings. The van der Waals surface area contributed by atoms with Crippen LogP contribution in [0.15, 0.2) is 12.3 Å². The summed E-state index contributed by atoms with van der Waals surface area (Å²) in [5, 5.41) is 0.484. The van der Waals surface area contributed by atoms with E-state index in [0.717, 1.165) is 47.2 Å². The number of anilines is 1. The molecule has 1 aromatic heterocycles. The molecule has 2 N–H and O–H groups in total. The highest BCUT2D eigenvalue weighted by molar-refractivity contribution is 6.62. The van der Waals surface area contributed by atoms with Crippen LogP contribution in [0.2, 0.25) is 5.02 Å². The minimum Gasteiger partial charge on any atom is -0.422 e. The van der Waals surface area contributed by atoms with Gasteiger partial charge in [-0.3, -0.25) is 0 Å². The van der Waals surface area contributed by atoms with Crippen LogP contribution in [0, 0.1) is 0 Å².